The molecule has 0 unspecified atom stereocenters. The molecule has 1 aliphatic rings. The summed E-state index contributed by atoms with van der Waals surface area (Å²) in [7, 11) is 0. The molecule has 0 radical (unpaired) electrons. The zero-order valence-corrected chi connectivity index (χ0v) is 9.11. The Morgan fingerprint density at radius 2 is 1.80 bits per heavy atom. The molecule has 5 heteroatoms. The van der Waals surface area contributed by atoms with E-state index in [9.17, 15) is 13.2 Å². The van der Waals surface area contributed by atoms with Crippen molar-refractivity contribution in [3.05, 3.63) is 0 Å². The molecule has 1 fully saturated rings. The Morgan fingerprint density at radius 3 is 2.20 bits per heavy atom. The smallest absolute Gasteiger partial charge is 0.330 e. The van der Waals surface area contributed by atoms with Gasteiger partial charge >= 0.3 is 6.18 Å². The first-order valence-corrected chi connectivity index (χ1v) is 5.34. The van der Waals surface area contributed by atoms with Gasteiger partial charge in [0.1, 0.15) is 0 Å². The second-order valence-corrected chi connectivity index (χ2v) is 4.72. The quantitative estimate of drug-likeness (QED) is 0.794. The first-order chi connectivity index (χ1) is 6.85. The van der Waals surface area contributed by atoms with E-state index >= 15 is 0 Å². The number of nitrogens with two attached hydrogens (primary N) is 1. The molecule has 0 amide bonds. The number of likely N-dealkylation sites (tertiary alicyclic amines) is 1. The fourth-order valence-corrected chi connectivity index (χ4v) is 1.81. The largest absolute Gasteiger partial charge is 0.390 e. The van der Waals surface area contributed by atoms with Crippen LogP contribution in [0.25, 0.3) is 0 Å². The van der Waals surface area contributed by atoms with Crippen LogP contribution in [0.5, 0.6) is 0 Å². The highest BCUT2D eigenvalue weighted by atomic mass is 19.4. The van der Waals surface area contributed by atoms with Gasteiger partial charge in [-0.15, -0.1) is 0 Å². The summed E-state index contributed by atoms with van der Waals surface area (Å²) < 4.78 is 35.9. The molecule has 0 aliphatic carbocycles. The van der Waals surface area contributed by atoms with Gasteiger partial charge in [0.05, 0.1) is 6.42 Å². The monoisotopic (exact) mass is 224 g/mol. The molecule has 0 aromatic rings. The summed E-state index contributed by atoms with van der Waals surface area (Å²) in [5, 5.41) is 0. The minimum absolute atomic E-state index is 0.129. The Bertz CT molecular complexity index is 195. The van der Waals surface area contributed by atoms with Crippen molar-refractivity contribution >= 4 is 0 Å². The van der Waals surface area contributed by atoms with E-state index in [-0.39, 0.29) is 12.0 Å². The van der Waals surface area contributed by atoms with Crippen molar-refractivity contribution in [2.45, 2.75) is 32.4 Å². The minimum atomic E-state index is -4.03. The highest BCUT2D eigenvalue weighted by Crippen LogP contribution is 2.30. The molecular formula is C10H19F3N2. The first kappa shape index (κ1) is 12.8. The van der Waals surface area contributed by atoms with Crippen molar-refractivity contribution in [3.63, 3.8) is 0 Å². The molecule has 1 aliphatic heterocycles. The van der Waals surface area contributed by atoms with E-state index in [4.69, 9.17) is 5.73 Å². The van der Waals surface area contributed by atoms with E-state index in [1.165, 1.54) is 0 Å². The predicted molar refractivity (Wildman–Crippen MR) is 53.5 cm³/mol. The van der Waals surface area contributed by atoms with Crippen molar-refractivity contribution < 1.29 is 13.2 Å². The van der Waals surface area contributed by atoms with Crippen molar-refractivity contribution in [2.24, 2.45) is 11.1 Å². The van der Waals surface area contributed by atoms with E-state index in [1.807, 2.05) is 4.90 Å². The number of rotatable bonds is 3. The molecule has 2 nitrogen and oxygen atoms in total. The van der Waals surface area contributed by atoms with Gasteiger partial charge in [-0.05, 0) is 37.9 Å². The van der Waals surface area contributed by atoms with Crippen molar-refractivity contribution in [1.82, 2.24) is 4.90 Å². The molecule has 2 N–H and O–H groups in total. The summed E-state index contributed by atoms with van der Waals surface area (Å²) in [5.41, 5.74) is 5.76. The average Bonchev–Trinajstić information content (AvgIpc) is 2.16. The second kappa shape index (κ2) is 4.70. The summed E-state index contributed by atoms with van der Waals surface area (Å²) in [6.07, 6.45) is -2.93. The molecule has 0 spiro atoms. The van der Waals surface area contributed by atoms with Crippen LogP contribution in [0.1, 0.15) is 26.2 Å². The molecule has 1 saturated heterocycles. The SMILES string of the molecule is CC1(CN)CCN(CCC(F)(F)F)CC1. The number of hydrogen-bond donors (Lipinski definition) is 1. The van der Waals surface area contributed by atoms with Crippen LogP contribution in [0, 0.1) is 5.41 Å². The lowest BCUT2D eigenvalue weighted by Gasteiger charge is -2.38. The fraction of sp³-hybridized carbons (Fsp3) is 1.00. The molecule has 0 aromatic heterocycles. The van der Waals surface area contributed by atoms with Crippen LogP contribution in [-0.2, 0) is 0 Å². The van der Waals surface area contributed by atoms with E-state index in [2.05, 4.69) is 6.92 Å². The summed E-state index contributed by atoms with van der Waals surface area (Å²) in [6.45, 7) is 4.34. The minimum Gasteiger partial charge on any atom is -0.330 e. The van der Waals surface area contributed by atoms with Gasteiger partial charge in [-0.3, -0.25) is 0 Å². The Balaban J connectivity index is 2.26. The molecule has 0 saturated carbocycles. The molecular weight excluding hydrogens is 205 g/mol. The van der Waals surface area contributed by atoms with Crippen LogP contribution in [-0.4, -0.2) is 37.3 Å². The van der Waals surface area contributed by atoms with Crippen LogP contribution in [0.3, 0.4) is 0 Å². The average molecular weight is 224 g/mol. The third-order valence-corrected chi connectivity index (χ3v) is 3.27. The summed E-state index contributed by atoms with van der Waals surface area (Å²) >= 11 is 0. The molecule has 90 valence electrons. The summed E-state index contributed by atoms with van der Waals surface area (Å²) in [5.74, 6) is 0. The maximum atomic E-state index is 12.0. The normalized spacial score (nSPS) is 23.0. The molecule has 15 heavy (non-hydrogen) atoms. The number of alkyl halides is 3. The van der Waals surface area contributed by atoms with Gasteiger partial charge in [0.2, 0.25) is 0 Å². The van der Waals surface area contributed by atoms with Crippen molar-refractivity contribution in [1.29, 1.82) is 0 Å². The maximum absolute atomic E-state index is 12.0. The summed E-state index contributed by atoms with van der Waals surface area (Å²) in [6, 6.07) is 0. The van der Waals surface area contributed by atoms with Gasteiger partial charge in [-0.25, -0.2) is 0 Å². The molecule has 0 aromatic carbocycles. The molecule has 0 atom stereocenters. The lowest BCUT2D eigenvalue weighted by Crippen LogP contribution is -2.43. The number of halogens is 3. The zero-order valence-electron chi connectivity index (χ0n) is 9.11. The first-order valence-electron chi connectivity index (χ1n) is 5.34. The molecule has 0 bridgehead atoms. The van der Waals surface area contributed by atoms with Crippen molar-refractivity contribution in [3.8, 4) is 0 Å². The lowest BCUT2D eigenvalue weighted by atomic mass is 9.80. The predicted octanol–water partition coefficient (Wildman–Crippen LogP) is 2.00. The highest BCUT2D eigenvalue weighted by molar-refractivity contribution is 4.83. The van der Waals surface area contributed by atoms with Gasteiger partial charge in [0, 0.05) is 6.54 Å². The third-order valence-electron chi connectivity index (χ3n) is 3.27. The van der Waals surface area contributed by atoms with Crippen LogP contribution in [0.15, 0.2) is 0 Å². The van der Waals surface area contributed by atoms with Gasteiger partial charge in [0.25, 0.3) is 0 Å². The van der Waals surface area contributed by atoms with E-state index in [0.29, 0.717) is 6.54 Å². The van der Waals surface area contributed by atoms with E-state index in [0.717, 1.165) is 25.9 Å². The Morgan fingerprint density at radius 1 is 1.27 bits per heavy atom. The number of piperidine rings is 1. The number of nitrogens with zero attached hydrogens (tertiary/aromatic N) is 1. The third kappa shape index (κ3) is 4.38. The molecule has 1 rings (SSSR count). The Labute approximate surface area is 88.6 Å². The van der Waals surface area contributed by atoms with Gasteiger partial charge in [-0.2, -0.15) is 13.2 Å². The Kier molecular flexibility index (Phi) is 4.00. The maximum Gasteiger partial charge on any atom is 0.390 e. The van der Waals surface area contributed by atoms with Crippen LogP contribution in [0.4, 0.5) is 13.2 Å². The second-order valence-electron chi connectivity index (χ2n) is 4.72. The van der Waals surface area contributed by atoms with Gasteiger partial charge in [0.15, 0.2) is 0 Å². The van der Waals surface area contributed by atoms with Crippen LogP contribution >= 0.6 is 0 Å². The van der Waals surface area contributed by atoms with E-state index in [1.54, 1.807) is 0 Å². The summed E-state index contributed by atoms with van der Waals surface area (Å²) in [4.78, 5) is 1.88. The van der Waals surface area contributed by atoms with Crippen LogP contribution in [0.2, 0.25) is 0 Å². The lowest BCUT2D eigenvalue weighted by molar-refractivity contribution is -0.138. The standard InChI is InChI=1S/C10H19F3N2/c1-9(8-14)2-5-15(6-3-9)7-4-10(11,12)13/h2-8,14H2,1H3. The van der Waals surface area contributed by atoms with Gasteiger partial charge in [-0.1, -0.05) is 6.92 Å². The zero-order chi connectivity index (χ0) is 11.5. The van der Waals surface area contributed by atoms with Gasteiger partial charge < -0.3 is 10.6 Å². The van der Waals surface area contributed by atoms with Crippen LogP contribution < -0.4 is 5.73 Å². The molecule has 1 heterocycles. The number of hydrogen-bond acceptors (Lipinski definition) is 2. The topological polar surface area (TPSA) is 29.3 Å². The van der Waals surface area contributed by atoms with E-state index < -0.39 is 12.6 Å². The Hall–Kier alpha value is -0.290. The van der Waals surface area contributed by atoms with Crippen molar-refractivity contribution in [2.75, 3.05) is 26.2 Å². The highest BCUT2D eigenvalue weighted by Gasteiger charge is 2.31. The fourth-order valence-electron chi connectivity index (χ4n) is 1.81.